The number of pyridine rings is 1. The van der Waals surface area contributed by atoms with Crippen LogP contribution in [-0.2, 0) is 13.1 Å². The largest absolute Gasteiger partial charge is 0.383 e. The monoisotopic (exact) mass is 401 g/mol. The summed E-state index contributed by atoms with van der Waals surface area (Å²) in [6, 6.07) is 7.47. The molecule has 3 aromatic rings. The Morgan fingerprint density at radius 2 is 2.04 bits per heavy atom. The van der Waals surface area contributed by atoms with Gasteiger partial charge in [-0.3, -0.25) is 19.3 Å². The summed E-state index contributed by atoms with van der Waals surface area (Å²) in [5.41, 5.74) is 7.30. The molecule has 1 aromatic carbocycles. The lowest BCUT2D eigenvalue weighted by Crippen LogP contribution is -2.38. The minimum absolute atomic E-state index is 0.190. The molecule has 2 aromatic heterocycles. The fourth-order valence-electron chi connectivity index (χ4n) is 3.30. The molecule has 0 aliphatic rings. The Hall–Kier alpha value is -2.80. The minimum Gasteiger partial charge on any atom is -0.383 e. The van der Waals surface area contributed by atoms with Gasteiger partial charge in [0.1, 0.15) is 11.5 Å². The van der Waals surface area contributed by atoms with Crippen LogP contribution in [0.3, 0.4) is 0 Å². The Kier molecular flexibility index (Phi) is 6.04. The first kappa shape index (κ1) is 19.9. The SMILES string of the molecule is CCCCn1c(N)c(N(CC)Cc2ccc(Cl)c3cccnc23)c(=O)[nH]c1=O. The second-order valence-corrected chi connectivity index (χ2v) is 7.03. The Balaban J connectivity index is 2.07. The van der Waals surface area contributed by atoms with Gasteiger partial charge in [-0.15, -0.1) is 0 Å². The topological polar surface area (TPSA) is 97.0 Å². The van der Waals surface area contributed by atoms with Gasteiger partial charge < -0.3 is 10.6 Å². The highest BCUT2D eigenvalue weighted by atomic mass is 35.5. The third kappa shape index (κ3) is 3.75. The third-order valence-corrected chi connectivity index (χ3v) is 5.14. The van der Waals surface area contributed by atoms with E-state index in [-0.39, 0.29) is 5.82 Å². The molecule has 0 fully saturated rings. The molecule has 28 heavy (non-hydrogen) atoms. The van der Waals surface area contributed by atoms with Gasteiger partial charge in [0.2, 0.25) is 0 Å². The maximum atomic E-state index is 12.6. The van der Waals surface area contributed by atoms with E-state index in [2.05, 4.69) is 9.97 Å². The first-order valence-electron chi connectivity index (χ1n) is 9.37. The molecule has 2 heterocycles. The second kappa shape index (κ2) is 8.48. The van der Waals surface area contributed by atoms with Crippen molar-refractivity contribution in [3.63, 3.8) is 0 Å². The van der Waals surface area contributed by atoms with Crippen LogP contribution in [-0.4, -0.2) is 21.1 Å². The molecular formula is C20H24ClN5O2. The number of hydrogen-bond acceptors (Lipinski definition) is 5. The van der Waals surface area contributed by atoms with E-state index in [0.29, 0.717) is 30.3 Å². The fourth-order valence-corrected chi connectivity index (χ4v) is 3.52. The number of H-pyrrole nitrogens is 1. The zero-order valence-electron chi connectivity index (χ0n) is 16.0. The molecule has 0 aliphatic carbocycles. The number of nitrogens with two attached hydrogens (primary N) is 1. The highest BCUT2D eigenvalue weighted by Gasteiger charge is 2.19. The molecule has 0 aliphatic heterocycles. The summed E-state index contributed by atoms with van der Waals surface area (Å²) < 4.78 is 1.43. The molecule has 7 nitrogen and oxygen atoms in total. The quantitative estimate of drug-likeness (QED) is 0.633. The predicted octanol–water partition coefficient (Wildman–Crippen LogP) is 3.15. The van der Waals surface area contributed by atoms with Crippen molar-refractivity contribution in [1.82, 2.24) is 14.5 Å². The van der Waals surface area contributed by atoms with Crippen LogP contribution in [0, 0.1) is 0 Å². The van der Waals surface area contributed by atoms with E-state index in [1.165, 1.54) is 4.57 Å². The number of nitrogen functional groups attached to an aromatic ring is 1. The molecule has 0 spiro atoms. The van der Waals surface area contributed by atoms with Crippen LogP contribution in [0.25, 0.3) is 10.9 Å². The zero-order chi connectivity index (χ0) is 20.3. The average Bonchev–Trinajstić information content (AvgIpc) is 2.68. The van der Waals surface area contributed by atoms with Crippen molar-refractivity contribution < 1.29 is 0 Å². The molecule has 148 valence electrons. The van der Waals surface area contributed by atoms with Gasteiger partial charge in [-0.2, -0.15) is 0 Å². The standard InChI is InChI=1S/C20H24ClN5O2/c1-3-5-11-26-18(22)17(19(27)24-20(26)28)25(4-2)12-13-8-9-15(21)14-7-6-10-23-16(13)14/h6-10H,3-5,11-12,22H2,1-2H3,(H,24,27,28). The van der Waals surface area contributed by atoms with E-state index in [9.17, 15) is 9.59 Å². The normalized spacial score (nSPS) is 11.1. The molecule has 3 N–H and O–H groups in total. The Morgan fingerprint density at radius 1 is 1.25 bits per heavy atom. The lowest BCUT2D eigenvalue weighted by molar-refractivity contribution is 0.602. The van der Waals surface area contributed by atoms with E-state index < -0.39 is 11.2 Å². The Labute approximate surface area is 167 Å². The number of anilines is 2. The summed E-state index contributed by atoms with van der Waals surface area (Å²) in [7, 11) is 0. The van der Waals surface area contributed by atoms with Crippen molar-refractivity contribution in [2.45, 2.75) is 39.8 Å². The van der Waals surface area contributed by atoms with Gasteiger partial charge in [0.25, 0.3) is 5.56 Å². The van der Waals surface area contributed by atoms with Crippen molar-refractivity contribution >= 4 is 34.0 Å². The number of unbranched alkanes of at least 4 members (excludes halogenated alkanes) is 1. The van der Waals surface area contributed by atoms with E-state index >= 15 is 0 Å². The Bertz CT molecular complexity index is 1110. The zero-order valence-corrected chi connectivity index (χ0v) is 16.8. The van der Waals surface area contributed by atoms with Gasteiger partial charge in [0.15, 0.2) is 0 Å². The van der Waals surface area contributed by atoms with Gasteiger partial charge in [-0.25, -0.2) is 4.79 Å². The summed E-state index contributed by atoms with van der Waals surface area (Å²) in [5.74, 6) is 0.190. The van der Waals surface area contributed by atoms with Gasteiger partial charge in [0.05, 0.1) is 5.52 Å². The fraction of sp³-hybridized carbons (Fsp3) is 0.350. The van der Waals surface area contributed by atoms with Crippen LogP contribution in [0.4, 0.5) is 11.5 Å². The number of nitrogens with one attached hydrogen (secondary N) is 1. The highest BCUT2D eigenvalue weighted by molar-refractivity contribution is 6.35. The first-order chi connectivity index (χ1) is 13.5. The Morgan fingerprint density at radius 3 is 2.75 bits per heavy atom. The molecule has 0 bridgehead atoms. The van der Waals surface area contributed by atoms with Crippen molar-refractivity contribution in [2.24, 2.45) is 0 Å². The molecule has 0 atom stereocenters. The lowest BCUT2D eigenvalue weighted by Gasteiger charge is -2.25. The molecule has 0 amide bonds. The van der Waals surface area contributed by atoms with Crippen molar-refractivity contribution in [2.75, 3.05) is 17.2 Å². The predicted molar refractivity (Wildman–Crippen MR) is 114 cm³/mol. The molecule has 0 unspecified atom stereocenters. The minimum atomic E-state index is -0.483. The van der Waals surface area contributed by atoms with E-state index in [4.69, 9.17) is 17.3 Å². The average molecular weight is 402 g/mol. The number of aromatic nitrogens is 3. The van der Waals surface area contributed by atoms with Crippen molar-refractivity contribution in [3.05, 3.63) is 61.9 Å². The summed E-state index contributed by atoms with van der Waals surface area (Å²) >= 11 is 6.29. The number of hydrogen-bond donors (Lipinski definition) is 2. The second-order valence-electron chi connectivity index (χ2n) is 6.62. The van der Waals surface area contributed by atoms with Crippen LogP contribution in [0.15, 0.2) is 40.1 Å². The van der Waals surface area contributed by atoms with E-state index in [1.54, 1.807) is 6.20 Å². The van der Waals surface area contributed by atoms with Crippen LogP contribution in [0.1, 0.15) is 32.3 Å². The van der Waals surface area contributed by atoms with Crippen LogP contribution >= 0.6 is 11.6 Å². The summed E-state index contributed by atoms with van der Waals surface area (Å²) in [6.45, 7) is 5.39. The van der Waals surface area contributed by atoms with Crippen molar-refractivity contribution in [3.8, 4) is 0 Å². The smallest absolute Gasteiger partial charge is 0.330 e. The van der Waals surface area contributed by atoms with Crippen LogP contribution < -0.4 is 21.9 Å². The maximum absolute atomic E-state index is 12.6. The van der Waals surface area contributed by atoms with Gasteiger partial charge >= 0.3 is 5.69 Å². The highest BCUT2D eigenvalue weighted by Crippen LogP contribution is 2.27. The van der Waals surface area contributed by atoms with Crippen LogP contribution in [0.2, 0.25) is 5.02 Å². The number of rotatable bonds is 7. The molecule has 0 saturated heterocycles. The van der Waals surface area contributed by atoms with Gasteiger partial charge in [-0.05, 0) is 37.1 Å². The molecule has 8 heteroatoms. The number of benzene rings is 1. The summed E-state index contributed by atoms with van der Waals surface area (Å²) in [4.78, 5) is 33.5. The summed E-state index contributed by atoms with van der Waals surface area (Å²) in [6.07, 6.45) is 3.43. The van der Waals surface area contributed by atoms with E-state index in [0.717, 1.165) is 29.3 Å². The first-order valence-corrected chi connectivity index (χ1v) is 9.75. The van der Waals surface area contributed by atoms with Gasteiger partial charge in [-0.1, -0.05) is 31.0 Å². The van der Waals surface area contributed by atoms with Crippen LogP contribution in [0.5, 0.6) is 0 Å². The van der Waals surface area contributed by atoms with Gasteiger partial charge in [0, 0.05) is 36.2 Å². The molecule has 0 radical (unpaired) electrons. The third-order valence-electron chi connectivity index (χ3n) is 4.81. The molecule has 0 saturated carbocycles. The summed E-state index contributed by atoms with van der Waals surface area (Å²) in [5, 5.41) is 1.48. The molecular weight excluding hydrogens is 378 g/mol. The number of halogens is 1. The molecule has 3 rings (SSSR count). The number of nitrogens with zero attached hydrogens (tertiary/aromatic N) is 3. The van der Waals surface area contributed by atoms with E-state index in [1.807, 2.05) is 43.0 Å². The number of aromatic amines is 1. The maximum Gasteiger partial charge on any atom is 0.330 e. The number of fused-ring (bicyclic) bond motifs is 1. The van der Waals surface area contributed by atoms with Crippen molar-refractivity contribution in [1.29, 1.82) is 0 Å². The lowest BCUT2D eigenvalue weighted by atomic mass is 10.1.